The zero-order valence-corrected chi connectivity index (χ0v) is 8.08. The summed E-state index contributed by atoms with van der Waals surface area (Å²) in [5.74, 6) is -0.0169. The Morgan fingerprint density at radius 2 is 2.23 bits per heavy atom. The third-order valence-corrected chi connectivity index (χ3v) is 2.06. The van der Waals surface area contributed by atoms with E-state index in [1.54, 1.807) is 0 Å². The fourth-order valence-corrected chi connectivity index (χ4v) is 0.988. The second-order valence-electron chi connectivity index (χ2n) is 3.72. The number of esters is 1. The smallest absolute Gasteiger partial charge is 0.339 e. The van der Waals surface area contributed by atoms with Crippen molar-refractivity contribution in [3.05, 3.63) is 0 Å². The molecule has 76 valence electrons. The van der Waals surface area contributed by atoms with Gasteiger partial charge in [-0.25, -0.2) is 4.79 Å². The van der Waals surface area contributed by atoms with Crippen LogP contribution in [-0.2, 0) is 14.3 Å². The van der Waals surface area contributed by atoms with Crippen LogP contribution >= 0.6 is 0 Å². The maximum Gasteiger partial charge on any atom is 0.339 e. The fraction of sp³-hybridized carbons (Fsp3) is 0.889. The van der Waals surface area contributed by atoms with Crippen LogP contribution in [0, 0.1) is 5.92 Å². The SMILES string of the molecule is COC(=O)C(C)(O)COCC1CC1. The van der Waals surface area contributed by atoms with Gasteiger partial charge in [0.1, 0.15) is 0 Å². The molecule has 1 aliphatic carbocycles. The minimum absolute atomic E-state index is 0.0101. The summed E-state index contributed by atoms with van der Waals surface area (Å²) in [6, 6.07) is 0. The molecule has 0 saturated heterocycles. The van der Waals surface area contributed by atoms with Gasteiger partial charge in [0.05, 0.1) is 13.7 Å². The number of hydrogen-bond acceptors (Lipinski definition) is 4. The number of carbonyl (C=O) groups is 1. The molecule has 1 rings (SSSR count). The minimum atomic E-state index is -1.51. The van der Waals surface area contributed by atoms with Crippen LogP contribution in [0.3, 0.4) is 0 Å². The van der Waals surface area contributed by atoms with Crippen molar-refractivity contribution in [2.24, 2.45) is 5.92 Å². The zero-order valence-electron chi connectivity index (χ0n) is 8.08. The first-order chi connectivity index (χ1) is 6.06. The quantitative estimate of drug-likeness (QED) is 0.632. The molecule has 0 aromatic heterocycles. The highest BCUT2D eigenvalue weighted by Crippen LogP contribution is 2.29. The Bertz CT molecular complexity index is 184. The van der Waals surface area contributed by atoms with Crippen LogP contribution in [0.4, 0.5) is 0 Å². The molecule has 1 saturated carbocycles. The molecule has 4 nitrogen and oxygen atoms in total. The second kappa shape index (κ2) is 4.07. The molecular weight excluding hydrogens is 172 g/mol. The van der Waals surface area contributed by atoms with Gasteiger partial charge in [0, 0.05) is 6.61 Å². The molecule has 13 heavy (non-hydrogen) atoms. The highest BCUT2D eigenvalue weighted by molar-refractivity contribution is 5.78. The lowest BCUT2D eigenvalue weighted by atomic mass is 10.1. The summed E-state index contributed by atoms with van der Waals surface area (Å²) in [6.45, 7) is 2.04. The van der Waals surface area contributed by atoms with Crippen molar-refractivity contribution in [2.75, 3.05) is 20.3 Å². The predicted molar refractivity (Wildman–Crippen MR) is 46.2 cm³/mol. The average Bonchev–Trinajstić information content (AvgIpc) is 2.86. The van der Waals surface area contributed by atoms with E-state index in [0.29, 0.717) is 12.5 Å². The predicted octanol–water partition coefficient (Wildman–Crippen LogP) is 0.337. The van der Waals surface area contributed by atoms with Crippen LogP contribution in [0.5, 0.6) is 0 Å². The summed E-state index contributed by atoms with van der Waals surface area (Å²) in [5.41, 5.74) is -1.51. The van der Waals surface area contributed by atoms with Gasteiger partial charge in [-0.2, -0.15) is 0 Å². The molecule has 1 atom stereocenters. The first-order valence-electron chi connectivity index (χ1n) is 4.45. The minimum Gasteiger partial charge on any atom is -0.467 e. The highest BCUT2D eigenvalue weighted by Gasteiger charge is 2.32. The monoisotopic (exact) mass is 188 g/mol. The second-order valence-corrected chi connectivity index (χ2v) is 3.72. The van der Waals surface area contributed by atoms with Crippen LogP contribution in [0.1, 0.15) is 19.8 Å². The van der Waals surface area contributed by atoms with E-state index in [9.17, 15) is 9.90 Å². The lowest BCUT2D eigenvalue weighted by Gasteiger charge is -2.19. The largest absolute Gasteiger partial charge is 0.467 e. The molecule has 1 aliphatic rings. The Morgan fingerprint density at radius 3 is 2.69 bits per heavy atom. The fourth-order valence-electron chi connectivity index (χ4n) is 0.988. The normalized spacial score (nSPS) is 20.8. The van der Waals surface area contributed by atoms with Crippen molar-refractivity contribution in [1.29, 1.82) is 0 Å². The number of hydrogen-bond donors (Lipinski definition) is 1. The number of carbonyl (C=O) groups excluding carboxylic acids is 1. The zero-order chi connectivity index (χ0) is 9.90. The van der Waals surface area contributed by atoms with Crippen LogP contribution in [-0.4, -0.2) is 37.0 Å². The van der Waals surface area contributed by atoms with Crippen molar-refractivity contribution < 1.29 is 19.4 Å². The van der Waals surface area contributed by atoms with Gasteiger partial charge in [-0.3, -0.25) is 0 Å². The Balaban J connectivity index is 2.19. The molecule has 0 heterocycles. The molecule has 0 bridgehead atoms. The first kappa shape index (κ1) is 10.5. The van der Waals surface area contributed by atoms with Crippen molar-refractivity contribution >= 4 is 5.97 Å². The van der Waals surface area contributed by atoms with E-state index < -0.39 is 11.6 Å². The molecule has 0 amide bonds. The molecule has 1 N–H and O–H groups in total. The molecule has 4 heteroatoms. The molecule has 1 fully saturated rings. The lowest BCUT2D eigenvalue weighted by Crippen LogP contribution is -2.41. The van der Waals surface area contributed by atoms with Gasteiger partial charge in [0.2, 0.25) is 0 Å². The number of aliphatic hydroxyl groups is 1. The van der Waals surface area contributed by atoms with Crippen LogP contribution in [0.15, 0.2) is 0 Å². The third-order valence-electron chi connectivity index (χ3n) is 2.06. The van der Waals surface area contributed by atoms with Gasteiger partial charge < -0.3 is 14.6 Å². The standard InChI is InChI=1S/C9H16O4/c1-9(11,8(10)12-2)6-13-5-7-3-4-7/h7,11H,3-6H2,1-2H3. The van der Waals surface area contributed by atoms with E-state index in [1.165, 1.54) is 26.9 Å². The third kappa shape index (κ3) is 3.32. The summed E-state index contributed by atoms with van der Waals surface area (Å²) in [7, 11) is 1.25. The van der Waals surface area contributed by atoms with Gasteiger partial charge >= 0.3 is 5.97 Å². The molecule has 0 aromatic carbocycles. The molecule has 0 spiro atoms. The van der Waals surface area contributed by atoms with Crippen molar-refractivity contribution in [2.45, 2.75) is 25.4 Å². The van der Waals surface area contributed by atoms with Crippen molar-refractivity contribution in [3.63, 3.8) is 0 Å². The van der Waals surface area contributed by atoms with Crippen LogP contribution < -0.4 is 0 Å². The maximum absolute atomic E-state index is 11.0. The van der Waals surface area contributed by atoms with Gasteiger partial charge in [-0.1, -0.05) is 0 Å². The number of rotatable bonds is 5. The van der Waals surface area contributed by atoms with Gasteiger partial charge in [0.15, 0.2) is 5.60 Å². The molecule has 0 aromatic rings. The molecular formula is C9H16O4. The van der Waals surface area contributed by atoms with Gasteiger partial charge in [-0.05, 0) is 25.7 Å². The first-order valence-corrected chi connectivity index (χ1v) is 4.45. The van der Waals surface area contributed by atoms with E-state index in [0.717, 1.165) is 0 Å². The van der Waals surface area contributed by atoms with Gasteiger partial charge in [0.25, 0.3) is 0 Å². The van der Waals surface area contributed by atoms with E-state index in [2.05, 4.69) is 4.74 Å². The topological polar surface area (TPSA) is 55.8 Å². The van der Waals surface area contributed by atoms with E-state index in [-0.39, 0.29) is 6.61 Å². The summed E-state index contributed by atoms with van der Waals surface area (Å²) in [5, 5.41) is 9.52. The number of ether oxygens (including phenoxy) is 2. The van der Waals surface area contributed by atoms with Crippen LogP contribution in [0.25, 0.3) is 0 Å². The molecule has 0 radical (unpaired) electrons. The van der Waals surface area contributed by atoms with Crippen LogP contribution in [0.2, 0.25) is 0 Å². The Hall–Kier alpha value is -0.610. The average molecular weight is 188 g/mol. The van der Waals surface area contributed by atoms with Gasteiger partial charge in [-0.15, -0.1) is 0 Å². The summed E-state index contributed by atoms with van der Waals surface area (Å²) in [4.78, 5) is 11.0. The van der Waals surface area contributed by atoms with E-state index in [1.807, 2.05) is 0 Å². The van der Waals surface area contributed by atoms with E-state index in [4.69, 9.17) is 4.74 Å². The summed E-state index contributed by atoms with van der Waals surface area (Å²) >= 11 is 0. The molecule has 0 aliphatic heterocycles. The Kier molecular flexibility index (Phi) is 3.27. The van der Waals surface area contributed by atoms with Crippen molar-refractivity contribution in [3.8, 4) is 0 Å². The Morgan fingerprint density at radius 1 is 1.62 bits per heavy atom. The summed E-state index contributed by atoms with van der Waals surface area (Å²) < 4.78 is 9.61. The Labute approximate surface area is 77.8 Å². The number of methoxy groups -OCH3 is 1. The summed E-state index contributed by atoms with van der Waals surface area (Å²) in [6.07, 6.45) is 2.39. The molecule has 1 unspecified atom stereocenters. The highest BCUT2D eigenvalue weighted by atomic mass is 16.6. The van der Waals surface area contributed by atoms with Crippen molar-refractivity contribution in [1.82, 2.24) is 0 Å². The maximum atomic E-state index is 11.0. The van der Waals surface area contributed by atoms with E-state index >= 15 is 0 Å². The lowest BCUT2D eigenvalue weighted by molar-refractivity contribution is -0.166.